The van der Waals surface area contributed by atoms with Gasteiger partial charge in [-0.1, -0.05) is 49.9 Å². The van der Waals surface area contributed by atoms with Crippen LogP contribution in [0, 0.1) is 6.92 Å². The molecule has 4 nitrogen and oxygen atoms in total. The highest BCUT2D eigenvalue weighted by atomic mass is 35.5. The molecule has 0 fully saturated rings. The van der Waals surface area contributed by atoms with E-state index in [0.717, 1.165) is 35.8 Å². The molecular weight excluding hydrogens is 440 g/mol. The number of carbonyl (C=O) groups is 1. The fraction of sp³-hybridized carbons (Fsp3) is 0.348. The molecule has 0 amide bonds. The van der Waals surface area contributed by atoms with Gasteiger partial charge in [-0.25, -0.2) is 13.2 Å². The standard InChI is InChI=1S/C23H25ClO4S2/c1-3-4-5-6-12-28-22(25)18-9-7-8-17(13-18)15-30(26,27)23-16(2)20-14-19(24)10-11-21(20)29-23/h7-11,13-14H,3-6,12,15H2,1-2H3. The largest absolute Gasteiger partial charge is 0.462 e. The fourth-order valence-corrected chi connectivity index (χ4v) is 6.69. The van der Waals surface area contributed by atoms with Crippen molar-refractivity contribution in [3.8, 4) is 0 Å². The number of esters is 1. The molecule has 0 N–H and O–H groups in total. The van der Waals surface area contributed by atoms with Gasteiger partial charge in [-0.3, -0.25) is 0 Å². The first-order valence-electron chi connectivity index (χ1n) is 9.99. The van der Waals surface area contributed by atoms with Gasteiger partial charge in [0, 0.05) is 9.72 Å². The molecule has 30 heavy (non-hydrogen) atoms. The Labute approximate surface area is 186 Å². The molecule has 2 aromatic carbocycles. The summed E-state index contributed by atoms with van der Waals surface area (Å²) in [6, 6.07) is 12.0. The maximum Gasteiger partial charge on any atom is 0.338 e. The maximum absolute atomic E-state index is 13.1. The van der Waals surface area contributed by atoms with Gasteiger partial charge in [0.05, 0.1) is 17.9 Å². The number of rotatable bonds is 9. The average molecular weight is 465 g/mol. The first-order valence-corrected chi connectivity index (χ1v) is 12.8. The summed E-state index contributed by atoms with van der Waals surface area (Å²) < 4.78 is 32.7. The summed E-state index contributed by atoms with van der Waals surface area (Å²) in [6.45, 7) is 4.31. The van der Waals surface area contributed by atoms with E-state index in [0.29, 0.717) is 32.5 Å². The van der Waals surface area contributed by atoms with E-state index >= 15 is 0 Å². The van der Waals surface area contributed by atoms with Crippen molar-refractivity contribution in [2.45, 2.75) is 49.5 Å². The van der Waals surface area contributed by atoms with Crippen molar-refractivity contribution in [1.82, 2.24) is 0 Å². The van der Waals surface area contributed by atoms with E-state index in [1.165, 1.54) is 11.3 Å². The normalized spacial score (nSPS) is 11.7. The lowest BCUT2D eigenvalue weighted by atomic mass is 10.1. The number of benzene rings is 2. The summed E-state index contributed by atoms with van der Waals surface area (Å²) in [4.78, 5) is 12.3. The lowest BCUT2D eigenvalue weighted by molar-refractivity contribution is 0.0497. The van der Waals surface area contributed by atoms with E-state index in [1.54, 1.807) is 43.3 Å². The van der Waals surface area contributed by atoms with Crippen molar-refractivity contribution in [1.29, 1.82) is 0 Å². The van der Waals surface area contributed by atoms with Gasteiger partial charge in [0.2, 0.25) is 0 Å². The van der Waals surface area contributed by atoms with Crippen LogP contribution in [0.2, 0.25) is 5.02 Å². The van der Waals surface area contributed by atoms with Crippen LogP contribution < -0.4 is 0 Å². The lowest BCUT2D eigenvalue weighted by Gasteiger charge is -2.07. The smallest absolute Gasteiger partial charge is 0.338 e. The summed E-state index contributed by atoms with van der Waals surface area (Å²) in [5.74, 6) is -0.593. The molecule has 0 aliphatic heterocycles. The molecule has 3 aromatic rings. The van der Waals surface area contributed by atoms with Crippen LogP contribution in [0.15, 0.2) is 46.7 Å². The first kappa shape index (κ1) is 22.8. The summed E-state index contributed by atoms with van der Waals surface area (Å²) in [5, 5.41) is 1.43. The van der Waals surface area contributed by atoms with E-state index in [1.807, 2.05) is 6.07 Å². The Morgan fingerprint density at radius 2 is 1.90 bits per heavy atom. The Kier molecular flexibility index (Phi) is 7.55. The maximum atomic E-state index is 13.1. The lowest BCUT2D eigenvalue weighted by Crippen LogP contribution is -2.09. The highest BCUT2D eigenvalue weighted by Crippen LogP contribution is 2.36. The van der Waals surface area contributed by atoms with Crippen molar-refractivity contribution in [2.75, 3.05) is 6.61 Å². The summed E-state index contributed by atoms with van der Waals surface area (Å²) in [7, 11) is -3.57. The van der Waals surface area contributed by atoms with Crippen LogP contribution in [0.4, 0.5) is 0 Å². The Bertz CT molecular complexity index is 1150. The van der Waals surface area contributed by atoms with Crippen molar-refractivity contribution in [3.63, 3.8) is 0 Å². The molecule has 1 heterocycles. The zero-order chi connectivity index (χ0) is 21.7. The number of carbonyl (C=O) groups excluding carboxylic acids is 1. The van der Waals surface area contributed by atoms with Gasteiger partial charge in [0.1, 0.15) is 4.21 Å². The van der Waals surface area contributed by atoms with E-state index in [9.17, 15) is 13.2 Å². The summed E-state index contributed by atoms with van der Waals surface area (Å²) in [6.07, 6.45) is 4.11. The van der Waals surface area contributed by atoms with Gasteiger partial charge >= 0.3 is 5.97 Å². The van der Waals surface area contributed by atoms with Crippen LogP contribution in [-0.2, 0) is 20.3 Å². The molecule has 0 unspecified atom stereocenters. The first-order chi connectivity index (χ1) is 14.3. The van der Waals surface area contributed by atoms with Crippen molar-refractivity contribution < 1.29 is 17.9 Å². The molecule has 0 bridgehead atoms. The zero-order valence-electron chi connectivity index (χ0n) is 17.1. The molecule has 0 spiro atoms. The van der Waals surface area contributed by atoms with Crippen molar-refractivity contribution in [2.24, 2.45) is 0 Å². The van der Waals surface area contributed by atoms with Crippen molar-refractivity contribution >= 4 is 48.8 Å². The minimum atomic E-state index is -3.57. The quantitative estimate of drug-likeness (QED) is 0.265. The van der Waals surface area contributed by atoms with Crippen LogP contribution in [0.3, 0.4) is 0 Å². The van der Waals surface area contributed by atoms with E-state index in [-0.39, 0.29) is 5.75 Å². The molecular formula is C23H25ClO4S2. The second-order valence-electron chi connectivity index (χ2n) is 7.31. The van der Waals surface area contributed by atoms with Gasteiger partial charge in [-0.05, 0) is 60.2 Å². The SMILES string of the molecule is CCCCCCOC(=O)c1cccc(CS(=O)(=O)c2sc3ccc(Cl)cc3c2C)c1. The third kappa shape index (κ3) is 5.42. The van der Waals surface area contributed by atoms with E-state index in [2.05, 4.69) is 6.92 Å². The zero-order valence-corrected chi connectivity index (χ0v) is 19.5. The van der Waals surface area contributed by atoms with Crippen molar-refractivity contribution in [3.05, 3.63) is 64.2 Å². The minimum Gasteiger partial charge on any atom is -0.462 e. The predicted molar refractivity (Wildman–Crippen MR) is 123 cm³/mol. The number of hydrogen-bond acceptors (Lipinski definition) is 5. The molecule has 3 rings (SSSR count). The Morgan fingerprint density at radius 3 is 2.67 bits per heavy atom. The van der Waals surface area contributed by atoms with Gasteiger partial charge in [0.15, 0.2) is 9.84 Å². The Hall–Kier alpha value is -1.89. The average Bonchev–Trinajstić information content (AvgIpc) is 3.04. The number of sulfone groups is 1. The Balaban J connectivity index is 1.75. The van der Waals surface area contributed by atoms with Gasteiger partial charge in [-0.15, -0.1) is 11.3 Å². The number of thiophene rings is 1. The number of unbranched alkanes of at least 4 members (excludes halogenated alkanes) is 3. The molecule has 160 valence electrons. The summed E-state index contributed by atoms with van der Waals surface area (Å²) in [5.41, 5.74) is 1.64. The van der Waals surface area contributed by atoms with Gasteiger partial charge in [-0.2, -0.15) is 0 Å². The molecule has 0 aliphatic carbocycles. The molecule has 0 aliphatic rings. The monoisotopic (exact) mass is 464 g/mol. The molecule has 1 aromatic heterocycles. The predicted octanol–water partition coefficient (Wildman–Crippen LogP) is 6.57. The molecule has 0 saturated heterocycles. The van der Waals surface area contributed by atoms with Crippen LogP contribution in [0.5, 0.6) is 0 Å². The van der Waals surface area contributed by atoms with Gasteiger partial charge in [0.25, 0.3) is 0 Å². The fourth-order valence-electron chi connectivity index (χ4n) is 3.32. The topological polar surface area (TPSA) is 60.4 Å². The van der Waals surface area contributed by atoms with E-state index < -0.39 is 15.8 Å². The molecule has 7 heteroatoms. The second-order valence-corrected chi connectivity index (χ2v) is 11.0. The van der Waals surface area contributed by atoms with Crippen LogP contribution in [-0.4, -0.2) is 21.0 Å². The molecule has 0 atom stereocenters. The van der Waals surface area contributed by atoms with Crippen LogP contribution in [0.25, 0.3) is 10.1 Å². The highest BCUT2D eigenvalue weighted by Gasteiger charge is 2.23. The third-order valence-corrected chi connectivity index (χ3v) is 8.79. The number of fused-ring (bicyclic) bond motifs is 1. The highest BCUT2D eigenvalue weighted by molar-refractivity contribution is 7.93. The van der Waals surface area contributed by atoms with Gasteiger partial charge < -0.3 is 4.74 Å². The third-order valence-electron chi connectivity index (χ3n) is 4.89. The number of aryl methyl sites for hydroxylation is 1. The van der Waals surface area contributed by atoms with E-state index in [4.69, 9.17) is 16.3 Å². The minimum absolute atomic E-state index is 0.175. The number of hydrogen-bond donors (Lipinski definition) is 0. The number of halogens is 1. The summed E-state index contributed by atoms with van der Waals surface area (Å²) >= 11 is 7.31. The molecule has 0 saturated carbocycles. The van der Waals surface area contributed by atoms with Crippen LogP contribution in [0.1, 0.15) is 54.1 Å². The molecule has 0 radical (unpaired) electrons. The van der Waals surface area contributed by atoms with Crippen LogP contribution >= 0.6 is 22.9 Å². The second kappa shape index (κ2) is 9.94. The number of ether oxygens (including phenoxy) is 1. The Morgan fingerprint density at radius 1 is 1.10 bits per heavy atom.